The Morgan fingerprint density at radius 3 is 2.39 bits per heavy atom. The fourth-order valence-electron chi connectivity index (χ4n) is 3.87. The first-order chi connectivity index (χ1) is 17.4. The van der Waals surface area contributed by atoms with Gasteiger partial charge in [0.15, 0.2) is 17.1 Å². The van der Waals surface area contributed by atoms with Crippen LogP contribution in [0.15, 0.2) is 61.1 Å². The van der Waals surface area contributed by atoms with E-state index in [1.165, 1.54) is 13.3 Å². The van der Waals surface area contributed by atoms with E-state index in [2.05, 4.69) is 39.4 Å². The summed E-state index contributed by atoms with van der Waals surface area (Å²) < 4.78 is 10.5. The second kappa shape index (κ2) is 10.9. The molecule has 0 saturated carbocycles. The zero-order valence-corrected chi connectivity index (χ0v) is 20.7. The van der Waals surface area contributed by atoms with Crippen molar-refractivity contribution < 1.29 is 19.1 Å². The minimum absolute atomic E-state index is 0.175. The van der Waals surface area contributed by atoms with Crippen LogP contribution in [0.2, 0.25) is 0 Å². The van der Waals surface area contributed by atoms with Gasteiger partial charge < -0.3 is 25.1 Å². The van der Waals surface area contributed by atoms with Crippen LogP contribution < -0.4 is 20.1 Å². The van der Waals surface area contributed by atoms with Crippen LogP contribution in [0.4, 0.5) is 5.69 Å². The van der Waals surface area contributed by atoms with Gasteiger partial charge in [0, 0.05) is 24.0 Å². The van der Waals surface area contributed by atoms with Gasteiger partial charge in [-0.05, 0) is 53.8 Å². The highest BCUT2D eigenvalue weighted by Gasteiger charge is 2.17. The van der Waals surface area contributed by atoms with E-state index in [-0.39, 0.29) is 23.7 Å². The number of fused-ring (bicyclic) bond motifs is 1. The molecule has 0 bridgehead atoms. The van der Waals surface area contributed by atoms with Crippen LogP contribution >= 0.6 is 0 Å². The lowest BCUT2D eigenvalue weighted by Gasteiger charge is -2.21. The van der Waals surface area contributed by atoms with Gasteiger partial charge in [0.05, 0.1) is 31.6 Å². The van der Waals surface area contributed by atoms with Crippen LogP contribution in [-0.2, 0) is 0 Å². The molecule has 2 heterocycles. The molecule has 4 rings (SSSR count). The number of methoxy groups -OCH3 is 2. The number of imidazole rings is 1. The molecule has 0 radical (unpaired) electrons. The minimum Gasteiger partial charge on any atom is -0.493 e. The highest BCUT2D eigenvalue weighted by molar-refractivity contribution is 6.04. The van der Waals surface area contributed by atoms with E-state index < -0.39 is 0 Å². The fraction of sp³-hybridized carbons (Fsp3) is 0.259. The van der Waals surface area contributed by atoms with Gasteiger partial charge in [0.25, 0.3) is 11.8 Å². The Bertz CT molecular complexity index is 1370. The monoisotopic (exact) mass is 487 g/mol. The van der Waals surface area contributed by atoms with Crippen LogP contribution in [0.1, 0.15) is 46.0 Å². The van der Waals surface area contributed by atoms with Gasteiger partial charge in [-0.3, -0.25) is 9.59 Å². The maximum Gasteiger partial charge on any atom is 0.255 e. The summed E-state index contributed by atoms with van der Waals surface area (Å²) in [6.07, 6.45) is 3.08. The van der Waals surface area contributed by atoms with Crippen LogP contribution in [0, 0.1) is 5.92 Å². The standard InChI is InChI=1S/C27H29N5O4/c1-16(13-29-26(33)20-11-22-25(28-14-20)31-15-30-22)17(2)18-5-8-21(9-6-18)32-27(34)19-7-10-23(35-3)24(12-19)36-4/h5-12,14-17H,13H2,1-4H3,(H,29,33)(H,32,34)(H,28,30,31). The smallest absolute Gasteiger partial charge is 0.255 e. The molecule has 36 heavy (non-hydrogen) atoms. The maximum absolute atomic E-state index is 12.7. The summed E-state index contributed by atoms with van der Waals surface area (Å²) in [7, 11) is 3.08. The highest BCUT2D eigenvalue weighted by Crippen LogP contribution is 2.28. The number of benzene rings is 2. The Labute approximate surface area is 209 Å². The van der Waals surface area contributed by atoms with Crippen molar-refractivity contribution in [2.75, 3.05) is 26.1 Å². The largest absolute Gasteiger partial charge is 0.493 e. The van der Waals surface area contributed by atoms with Gasteiger partial charge in [0.1, 0.15) is 0 Å². The summed E-state index contributed by atoms with van der Waals surface area (Å²) in [5.74, 6) is 1.02. The summed E-state index contributed by atoms with van der Waals surface area (Å²) in [4.78, 5) is 36.5. The Balaban J connectivity index is 1.33. The molecule has 9 heteroatoms. The second-order valence-corrected chi connectivity index (χ2v) is 8.62. The Morgan fingerprint density at radius 2 is 1.67 bits per heavy atom. The van der Waals surface area contributed by atoms with Crippen LogP contribution in [0.3, 0.4) is 0 Å². The predicted molar refractivity (Wildman–Crippen MR) is 138 cm³/mol. The average Bonchev–Trinajstić information content (AvgIpc) is 3.39. The lowest BCUT2D eigenvalue weighted by molar-refractivity contribution is 0.0945. The van der Waals surface area contributed by atoms with Crippen LogP contribution in [0.5, 0.6) is 11.5 Å². The lowest BCUT2D eigenvalue weighted by Crippen LogP contribution is -2.30. The third-order valence-electron chi connectivity index (χ3n) is 6.31. The molecule has 0 aliphatic heterocycles. The maximum atomic E-state index is 12.7. The van der Waals surface area contributed by atoms with Gasteiger partial charge >= 0.3 is 0 Å². The first-order valence-corrected chi connectivity index (χ1v) is 11.6. The van der Waals surface area contributed by atoms with Gasteiger partial charge in [-0.15, -0.1) is 0 Å². The molecule has 0 spiro atoms. The summed E-state index contributed by atoms with van der Waals surface area (Å²) >= 11 is 0. The predicted octanol–water partition coefficient (Wildman–Crippen LogP) is 4.40. The zero-order valence-electron chi connectivity index (χ0n) is 20.7. The SMILES string of the molecule is COc1ccc(C(=O)Nc2ccc(C(C)C(C)CNC(=O)c3cnc4nc[nH]c4c3)cc2)cc1OC. The van der Waals surface area contributed by atoms with E-state index in [0.29, 0.717) is 40.5 Å². The van der Waals surface area contributed by atoms with Crippen molar-refractivity contribution in [3.8, 4) is 11.5 Å². The van der Waals surface area contributed by atoms with Crippen LogP contribution in [0.25, 0.3) is 11.2 Å². The number of anilines is 1. The molecule has 2 aromatic heterocycles. The van der Waals surface area contributed by atoms with Crippen LogP contribution in [-0.4, -0.2) is 47.5 Å². The summed E-state index contributed by atoms with van der Waals surface area (Å²) in [5.41, 5.74) is 4.06. The molecule has 2 aromatic carbocycles. The average molecular weight is 488 g/mol. The lowest BCUT2D eigenvalue weighted by atomic mass is 9.88. The number of hydrogen-bond donors (Lipinski definition) is 3. The second-order valence-electron chi connectivity index (χ2n) is 8.62. The third kappa shape index (κ3) is 5.46. The molecular formula is C27H29N5O4. The first-order valence-electron chi connectivity index (χ1n) is 11.6. The number of rotatable bonds is 9. The van der Waals surface area contributed by atoms with Crippen molar-refractivity contribution >= 4 is 28.7 Å². The molecule has 3 N–H and O–H groups in total. The molecule has 0 aliphatic rings. The zero-order chi connectivity index (χ0) is 25.7. The number of nitrogens with one attached hydrogen (secondary N) is 3. The first kappa shape index (κ1) is 24.7. The fourth-order valence-corrected chi connectivity index (χ4v) is 3.87. The number of H-pyrrole nitrogens is 1. The van der Waals surface area contributed by atoms with Gasteiger partial charge in [-0.2, -0.15) is 0 Å². The molecule has 0 saturated heterocycles. The Hall–Kier alpha value is -4.40. The summed E-state index contributed by atoms with van der Waals surface area (Å²) in [6, 6.07) is 14.5. The van der Waals surface area contributed by atoms with Crippen molar-refractivity contribution in [3.05, 3.63) is 77.7 Å². The molecule has 186 valence electrons. The number of hydrogen-bond acceptors (Lipinski definition) is 6. The molecule has 0 fully saturated rings. The number of aromatic nitrogens is 3. The number of carbonyl (C=O) groups excluding carboxylic acids is 2. The molecule has 2 atom stereocenters. The van der Waals surface area contributed by atoms with Crippen molar-refractivity contribution in [2.24, 2.45) is 5.92 Å². The molecule has 4 aromatic rings. The van der Waals surface area contributed by atoms with E-state index in [9.17, 15) is 9.59 Å². The van der Waals surface area contributed by atoms with Crippen molar-refractivity contribution in [1.82, 2.24) is 20.3 Å². The Morgan fingerprint density at radius 1 is 0.917 bits per heavy atom. The number of carbonyl (C=O) groups is 2. The van der Waals surface area contributed by atoms with E-state index in [0.717, 1.165) is 11.1 Å². The highest BCUT2D eigenvalue weighted by atomic mass is 16.5. The number of ether oxygens (including phenoxy) is 2. The number of pyridine rings is 1. The molecule has 0 aliphatic carbocycles. The molecular weight excluding hydrogens is 458 g/mol. The van der Waals surface area contributed by atoms with Gasteiger partial charge in [-0.25, -0.2) is 9.97 Å². The van der Waals surface area contributed by atoms with E-state index in [4.69, 9.17) is 9.47 Å². The number of aromatic amines is 1. The normalized spacial score (nSPS) is 12.6. The minimum atomic E-state index is -0.240. The van der Waals surface area contributed by atoms with Crippen molar-refractivity contribution in [2.45, 2.75) is 19.8 Å². The van der Waals surface area contributed by atoms with E-state index >= 15 is 0 Å². The third-order valence-corrected chi connectivity index (χ3v) is 6.31. The number of nitrogens with zero attached hydrogens (tertiary/aromatic N) is 2. The summed E-state index contributed by atoms with van der Waals surface area (Å²) in [5, 5.41) is 5.90. The summed E-state index contributed by atoms with van der Waals surface area (Å²) in [6.45, 7) is 4.72. The van der Waals surface area contributed by atoms with Crippen molar-refractivity contribution in [3.63, 3.8) is 0 Å². The molecule has 2 unspecified atom stereocenters. The quantitative estimate of drug-likeness (QED) is 0.322. The van der Waals surface area contributed by atoms with Crippen molar-refractivity contribution in [1.29, 1.82) is 0 Å². The number of amides is 2. The van der Waals surface area contributed by atoms with E-state index in [1.807, 2.05) is 24.3 Å². The topological polar surface area (TPSA) is 118 Å². The molecule has 2 amide bonds. The van der Waals surface area contributed by atoms with Gasteiger partial charge in [0.2, 0.25) is 0 Å². The van der Waals surface area contributed by atoms with E-state index in [1.54, 1.807) is 37.7 Å². The Kier molecular flexibility index (Phi) is 7.48. The molecule has 9 nitrogen and oxygen atoms in total. The van der Waals surface area contributed by atoms with Gasteiger partial charge in [-0.1, -0.05) is 26.0 Å².